The van der Waals surface area contributed by atoms with E-state index in [2.05, 4.69) is 17.6 Å². The van der Waals surface area contributed by atoms with E-state index in [1.165, 1.54) is 32.1 Å². The Morgan fingerprint density at radius 3 is 2.50 bits per heavy atom. The highest BCUT2D eigenvalue weighted by molar-refractivity contribution is 5.85. The molecule has 0 bridgehead atoms. The highest BCUT2D eigenvalue weighted by Gasteiger charge is 2.25. The normalized spacial score (nSPS) is 32.4. The molecule has 0 radical (unpaired) electrons. The standard InChI is InChI=1S/C14H26N2O.ClH/c1-2-11-5-7-13(8-6-11)16-14(17)12-4-3-9-15-10-12;/h11-13,15H,2-10H2,1H3,(H,16,17);1H/t11?,12-,13?;/m1./s1. The van der Waals surface area contributed by atoms with Gasteiger partial charge in [0.15, 0.2) is 0 Å². The largest absolute Gasteiger partial charge is 0.353 e. The molecule has 1 amide bonds. The Hall–Kier alpha value is -0.280. The number of rotatable bonds is 3. The van der Waals surface area contributed by atoms with Crippen LogP contribution in [0.1, 0.15) is 51.9 Å². The van der Waals surface area contributed by atoms with Crippen LogP contribution in [0.4, 0.5) is 0 Å². The Bertz CT molecular complexity index is 246. The maximum Gasteiger partial charge on any atom is 0.224 e. The zero-order valence-electron chi connectivity index (χ0n) is 11.4. The average Bonchev–Trinajstić information content (AvgIpc) is 2.40. The fraction of sp³-hybridized carbons (Fsp3) is 0.929. The summed E-state index contributed by atoms with van der Waals surface area (Å²) >= 11 is 0. The lowest BCUT2D eigenvalue weighted by Crippen LogP contribution is -2.45. The van der Waals surface area contributed by atoms with Gasteiger partial charge in [0.25, 0.3) is 0 Å². The molecule has 2 N–H and O–H groups in total. The fourth-order valence-electron chi connectivity index (χ4n) is 3.11. The molecule has 1 saturated heterocycles. The first-order valence-electron chi connectivity index (χ1n) is 7.30. The maximum absolute atomic E-state index is 12.1. The molecule has 1 aliphatic heterocycles. The minimum Gasteiger partial charge on any atom is -0.353 e. The minimum absolute atomic E-state index is 0. The highest BCUT2D eigenvalue weighted by atomic mass is 35.5. The second-order valence-corrected chi connectivity index (χ2v) is 5.68. The van der Waals surface area contributed by atoms with Gasteiger partial charge in [-0.3, -0.25) is 4.79 Å². The van der Waals surface area contributed by atoms with Crippen molar-refractivity contribution < 1.29 is 4.79 Å². The topological polar surface area (TPSA) is 41.1 Å². The molecule has 0 aromatic carbocycles. The van der Waals surface area contributed by atoms with E-state index < -0.39 is 0 Å². The molecule has 106 valence electrons. The van der Waals surface area contributed by atoms with E-state index in [1.54, 1.807) is 0 Å². The van der Waals surface area contributed by atoms with E-state index in [4.69, 9.17) is 0 Å². The summed E-state index contributed by atoms with van der Waals surface area (Å²) in [4.78, 5) is 12.1. The second kappa shape index (κ2) is 8.00. The number of hydrogen-bond donors (Lipinski definition) is 2. The highest BCUT2D eigenvalue weighted by Crippen LogP contribution is 2.26. The summed E-state index contributed by atoms with van der Waals surface area (Å²) in [6.45, 7) is 4.22. The first kappa shape index (κ1) is 15.8. The third-order valence-electron chi connectivity index (χ3n) is 4.44. The van der Waals surface area contributed by atoms with Gasteiger partial charge < -0.3 is 10.6 Å². The zero-order valence-corrected chi connectivity index (χ0v) is 12.2. The van der Waals surface area contributed by atoms with Gasteiger partial charge in [0.05, 0.1) is 5.92 Å². The predicted molar refractivity (Wildman–Crippen MR) is 77.0 cm³/mol. The number of amides is 1. The Balaban J connectivity index is 0.00000162. The van der Waals surface area contributed by atoms with Crippen molar-refractivity contribution in [3.05, 3.63) is 0 Å². The molecule has 2 rings (SSSR count). The number of nitrogens with one attached hydrogen (secondary N) is 2. The molecule has 0 spiro atoms. The third kappa shape index (κ3) is 4.43. The van der Waals surface area contributed by atoms with E-state index in [0.717, 1.165) is 31.8 Å². The summed E-state index contributed by atoms with van der Waals surface area (Å²) in [5.74, 6) is 1.41. The fourth-order valence-corrected chi connectivity index (χ4v) is 3.11. The molecule has 18 heavy (non-hydrogen) atoms. The van der Waals surface area contributed by atoms with E-state index in [9.17, 15) is 4.79 Å². The van der Waals surface area contributed by atoms with Crippen LogP contribution in [-0.2, 0) is 4.79 Å². The Labute approximate surface area is 117 Å². The van der Waals surface area contributed by atoms with Crippen molar-refractivity contribution in [1.29, 1.82) is 0 Å². The monoisotopic (exact) mass is 274 g/mol. The van der Waals surface area contributed by atoms with Gasteiger partial charge in [-0.15, -0.1) is 12.4 Å². The van der Waals surface area contributed by atoms with Crippen molar-refractivity contribution in [3.8, 4) is 0 Å². The van der Waals surface area contributed by atoms with Crippen molar-refractivity contribution in [1.82, 2.24) is 10.6 Å². The number of piperidine rings is 1. The van der Waals surface area contributed by atoms with Crippen LogP contribution in [0, 0.1) is 11.8 Å². The first-order chi connectivity index (χ1) is 8.29. The first-order valence-corrected chi connectivity index (χ1v) is 7.30. The van der Waals surface area contributed by atoms with Crippen LogP contribution >= 0.6 is 12.4 Å². The van der Waals surface area contributed by atoms with Crippen molar-refractivity contribution in [2.24, 2.45) is 11.8 Å². The lowest BCUT2D eigenvalue weighted by Gasteiger charge is -2.30. The lowest BCUT2D eigenvalue weighted by atomic mass is 9.84. The SMILES string of the molecule is CCC1CCC(NC(=O)[C@@H]2CCCNC2)CC1.Cl. The van der Waals surface area contributed by atoms with Gasteiger partial charge in [0, 0.05) is 12.6 Å². The summed E-state index contributed by atoms with van der Waals surface area (Å²) in [5.41, 5.74) is 0. The van der Waals surface area contributed by atoms with E-state index in [0.29, 0.717) is 6.04 Å². The van der Waals surface area contributed by atoms with Gasteiger partial charge in [-0.05, 0) is 51.0 Å². The van der Waals surface area contributed by atoms with Gasteiger partial charge >= 0.3 is 0 Å². The number of halogens is 1. The molecule has 1 saturated carbocycles. The van der Waals surface area contributed by atoms with Crippen LogP contribution in [-0.4, -0.2) is 25.0 Å². The molecule has 1 heterocycles. The van der Waals surface area contributed by atoms with E-state index >= 15 is 0 Å². The molecule has 2 fully saturated rings. The summed E-state index contributed by atoms with van der Waals surface area (Å²) < 4.78 is 0. The van der Waals surface area contributed by atoms with E-state index in [1.807, 2.05) is 0 Å². The predicted octanol–water partition coefficient (Wildman–Crippen LogP) is 2.49. The molecule has 2 aliphatic rings. The van der Waals surface area contributed by atoms with Crippen LogP contribution in [0.25, 0.3) is 0 Å². The van der Waals surface area contributed by atoms with Gasteiger partial charge in [0.2, 0.25) is 5.91 Å². The van der Waals surface area contributed by atoms with Crippen LogP contribution in [0.5, 0.6) is 0 Å². The number of hydrogen-bond acceptors (Lipinski definition) is 2. The molecule has 0 aromatic rings. The third-order valence-corrected chi connectivity index (χ3v) is 4.44. The summed E-state index contributed by atoms with van der Waals surface area (Å²) in [6, 6.07) is 0.451. The zero-order chi connectivity index (χ0) is 12.1. The Morgan fingerprint density at radius 2 is 1.94 bits per heavy atom. The van der Waals surface area contributed by atoms with Gasteiger partial charge in [0.1, 0.15) is 0 Å². The summed E-state index contributed by atoms with van der Waals surface area (Å²) in [6.07, 6.45) is 8.46. The molecule has 4 heteroatoms. The van der Waals surface area contributed by atoms with Gasteiger partial charge in [-0.25, -0.2) is 0 Å². The van der Waals surface area contributed by atoms with Crippen LogP contribution < -0.4 is 10.6 Å². The van der Waals surface area contributed by atoms with Crippen molar-refractivity contribution in [2.75, 3.05) is 13.1 Å². The lowest BCUT2D eigenvalue weighted by molar-refractivity contribution is -0.126. The van der Waals surface area contributed by atoms with Crippen LogP contribution in [0.2, 0.25) is 0 Å². The molecule has 0 aromatic heterocycles. The van der Waals surface area contributed by atoms with Crippen LogP contribution in [0.15, 0.2) is 0 Å². The number of carbonyl (C=O) groups is 1. The minimum atomic E-state index is 0. The van der Waals surface area contributed by atoms with Crippen molar-refractivity contribution >= 4 is 18.3 Å². The molecule has 0 unspecified atom stereocenters. The molecular weight excluding hydrogens is 248 g/mol. The van der Waals surface area contributed by atoms with Gasteiger partial charge in [-0.1, -0.05) is 13.3 Å². The molecule has 3 nitrogen and oxygen atoms in total. The Morgan fingerprint density at radius 1 is 1.22 bits per heavy atom. The summed E-state index contributed by atoms with van der Waals surface area (Å²) in [7, 11) is 0. The molecule has 1 aliphatic carbocycles. The maximum atomic E-state index is 12.1. The molecular formula is C14H27ClN2O. The van der Waals surface area contributed by atoms with Gasteiger partial charge in [-0.2, -0.15) is 0 Å². The second-order valence-electron chi connectivity index (χ2n) is 5.68. The van der Waals surface area contributed by atoms with Crippen molar-refractivity contribution in [3.63, 3.8) is 0 Å². The number of carbonyl (C=O) groups excluding carboxylic acids is 1. The summed E-state index contributed by atoms with van der Waals surface area (Å²) in [5, 5.41) is 6.56. The smallest absolute Gasteiger partial charge is 0.224 e. The van der Waals surface area contributed by atoms with E-state index in [-0.39, 0.29) is 24.2 Å². The molecule has 1 atom stereocenters. The quantitative estimate of drug-likeness (QED) is 0.830. The van der Waals surface area contributed by atoms with Crippen molar-refractivity contribution in [2.45, 2.75) is 57.9 Å². The Kier molecular flexibility index (Phi) is 7.02. The van der Waals surface area contributed by atoms with Crippen LogP contribution in [0.3, 0.4) is 0 Å². The average molecular weight is 275 g/mol.